The average Bonchev–Trinajstić information content (AvgIpc) is 2.70. The van der Waals surface area contributed by atoms with E-state index in [0.29, 0.717) is 36.3 Å². The van der Waals surface area contributed by atoms with Crippen LogP contribution in [0.15, 0.2) is 54.7 Å². The number of carbonyl (C=O) groups is 1. The van der Waals surface area contributed by atoms with Gasteiger partial charge >= 0.3 is 0 Å². The highest BCUT2D eigenvalue weighted by atomic mass is 16.6. The van der Waals surface area contributed by atoms with Crippen molar-refractivity contribution in [3.8, 4) is 11.5 Å². The number of aryl methyl sites for hydroxylation is 1. The van der Waals surface area contributed by atoms with Gasteiger partial charge in [-0.15, -0.1) is 0 Å². The van der Waals surface area contributed by atoms with E-state index >= 15 is 0 Å². The standard InChI is InChI=1S/C20H18N4O3/c1-13-4-2-3-5-15(13)23-20-21-9-8-16(24-20)19(25)22-14-6-7-17-18(12-14)27-11-10-26-17/h2-9,12H,10-11H2,1H3,(H,22,25)(H,21,23,24). The van der Waals surface area contributed by atoms with Crippen LogP contribution >= 0.6 is 0 Å². The maximum atomic E-state index is 12.6. The fraction of sp³-hybridized carbons (Fsp3) is 0.150. The first-order valence-corrected chi connectivity index (χ1v) is 8.56. The van der Waals surface area contributed by atoms with Crippen molar-refractivity contribution in [3.63, 3.8) is 0 Å². The van der Waals surface area contributed by atoms with Gasteiger partial charge in [0.15, 0.2) is 11.5 Å². The van der Waals surface area contributed by atoms with Gasteiger partial charge < -0.3 is 20.1 Å². The van der Waals surface area contributed by atoms with Crippen LogP contribution in [0.5, 0.6) is 11.5 Å². The number of fused-ring (bicyclic) bond motifs is 1. The van der Waals surface area contributed by atoms with Gasteiger partial charge in [-0.05, 0) is 36.8 Å². The number of nitrogens with zero attached hydrogens (tertiary/aromatic N) is 2. The van der Waals surface area contributed by atoms with Crippen molar-refractivity contribution < 1.29 is 14.3 Å². The lowest BCUT2D eigenvalue weighted by Crippen LogP contribution is -2.17. The summed E-state index contributed by atoms with van der Waals surface area (Å²) in [5.74, 6) is 1.32. The molecule has 7 nitrogen and oxygen atoms in total. The molecule has 2 N–H and O–H groups in total. The molecule has 7 heteroatoms. The smallest absolute Gasteiger partial charge is 0.274 e. The summed E-state index contributed by atoms with van der Waals surface area (Å²) in [4.78, 5) is 21.0. The molecule has 0 bridgehead atoms. The van der Waals surface area contributed by atoms with Gasteiger partial charge in [-0.1, -0.05) is 18.2 Å². The van der Waals surface area contributed by atoms with E-state index in [-0.39, 0.29) is 11.6 Å². The van der Waals surface area contributed by atoms with Crippen molar-refractivity contribution in [1.29, 1.82) is 0 Å². The molecule has 2 heterocycles. The van der Waals surface area contributed by atoms with E-state index in [9.17, 15) is 4.79 Å². The van der Waals surface area contributed by atoms with E-state index in [4.69, 9.17) is 9.47 Å². The second-order valence-electron chi connectivity index (χ2n) is 6.02. The minimum Gasteiger partial charge on any atom is -0.486 e. The SMILES string of the molecule is Cc1ccccc1Nc1nccc(C(=O)Nc2ccc3c(c2)OCCO3)n1. The Bertz CT molecular complexity index is 990. The number of benzene rings is 2. The molecule has 3 aromatic rings. The normalized spacial score (nSPS) is 12.3. The summed E-state index contributed by atoms with van der Waals surface area (Å²) in [5.41, 5.74) is 2.82. The quantitative estimate of drug-likeness (QED) is 0.738. The van der Waals surface area contributed by atoms with Gasteiger partial charge in [-0.25, -0.2) is 9.97 Å². The van der Waals surface area contributed by atoms with Crippen LogP contribution in [-0.4, -0.2) is 29.1 Å². The van der Waals surface area contributed by atoms with E-state index in [1.165, 1.54) is 0 Å². The van der Waals surface area contributed by atoms with Gasteiger partial charge in [-0.3, -0.25) is 4.79 Å². The van der Waals surface area contributed by atoms with Crippen molar-refractivity contribution in [3.05, 3.63) is 66.0 Å². The fourth-order valence-electron chi connectivity index (χ4n) is 2.70. The number of carbonyl (C=O) groups excluding carboxylic acids is 1. The summed E-state index contributed by atoms with van der Waals surface area (Å²) in [5, 5.41) is 5.95. The number of hydrogen-bond acceptors (Lipinski definition) is 6. The molecule has 0 radical (unpaired) electrons. The van der Waals surface area contributed by atoms with E-state index in [2.05, 4.69) is 20.6 Å². The van der Waals surface area contributed by atoms with E-state index in [1.54, 1.807) is 30.5 Å². The molecule has 0 fully saturated rings. The highest BCUT2D eigenvalue weighted by Crippen LogP contribution is 2.32. The maximum absolute atomic E-state index is 12.6. The van der Waals surface area contributed by atoms with Crippen LogP contribution < -0.4 is 20.1 Å². The van der Waals surface area contributed by atoms with Crippen molar-refractivity contribution >= 4 is 23.2 Å². The van der Waals surface area contributed by atoms with E-state index in [0.717, 1.165) is 11.3 Å². The third kappa shape index (κ3) is 3.82. The summed E-state index contributed by atoms with van der Waals surface area (Å²) in [6.07, 6.45) is 1.55. The predicted octanol–water partition coefficient (Wildman–Crippen LogP) is 3.55. The molecule has 27 heavy (non-hydrogen) atoms. The van der Waals surface area contributed by atoms with Gasteiger partial charge in [0.1, 0.15) is 18.9 Å². The van der Waals surface area contributed by atoms with Crippen molar-refractivity contribution in [2.75, 3.05) is 23.8 Å². The Morgan fingerprint density at radius 1 is 1.04 bits per heavy atom. The van der Waals surface area contributed by atoms with Crippen LogP contribution in [0.25, 0.3) is 0 Å². The lowest BCUT2D eigenvalue weighted by atomic mass is 10.2. The first kappa shape index (κ1) is 16.8. The van der Waals surface area contributed by atoms with Crippen molar-refractivity contribution in [1.82, 2.24) is 9.97 Å². The van der Waals surface area contributed by atoms with Gasteiger partial charge in [-0.2, -0.15) is 0 Å². The Kier molecular flexibility index (Phi) is 4.57. The first-order valence-electron chi connectivity index (χ1n) is 8.56. The number of aromatic nitrogens is 2. The monoisotopic (exact) mass is 362 g/mol. The lowest BCUT2D eigenvalue weighted by molar-refractivity contribution is 0.102. The molecular weight excluding hydrogens is 344 g/mol. The fourth-order valence-corrected chi connectivity index (χ4v) is 2.70. The number of nitrogens with one attached hydrogen (secondary N) is 2. The summed E-state index contributed by atoms with van der Waals surface area (Å²) < 4.78 is 11.0. The Hall–Kier alpha value is -3.61. The number of rotatable bonds is 4. The zero-order valence-electron chi connectivity index (χ0n) is 14.7. The number of hydrogen-bond donors (Lipinski definition) is 2. The van der Waals surface area contributed by atoms with Crippen LogP contribution in [0, 0.1) is 6.92 Å². The molecule has 1 aliphatic rings. The summed E-state index contributed by atoms with van der Waals surface area (Å²) in [6.45, 7) is 3.00. The molecule has 0 saturated heterocycles. The molecule has 0 unspecified atom stereocenters. The first-order chi connectivity index (χ1) is 13.2. The Labute approximate surface area is 156 Å². The molecule has 1 aromatic heterocycles. The number of anilines is 3. The summed E-state index contributed by atoms with van der Waals surface area (Å²) in [7, 11) is 0. The summed E-state index contributed by atoms with van der Waals surface area (Å²) >= 11 is 0. The second kappa shape index (κ2) is 7.33. The molecule has 136 valence electrons. The lowest BCUT2D eigenvalue weighted by Gasteiger charge is -2.19. The molecule has 1 amide bonds. The molecule has 0 saturated carbocycles. The third-order valence-corrected chi connectivity index (χ3v) is 4.08. The molecule has 2 aromatic carbocycles. The number of ether oxygens (including phenoxy) is 2. The zero-order valence-corrected chi connectivity index (χ0v) is 14.7. The van der Waals surface area contributed by atoms with Crippen LogP contribution in [0.1, 0.15) is 16.1 Å². The van der Waals surface area contributed by atoms with E-state index in [1.807, 2.05) is 31.2 Å². The van der Waals surface area contributed by atoms with Gasteiger partial charge in [0.25, 0.3) is 5.91 Å². The predicted molar refractivity (Wildman–Crippen MR) is 102 cm³/mol. The Morgan fingerprint density at radius 3 is 2.70 bits per heavy atom. The van der Waals surface area contributed by atoms with Gasteiger partial charge in [0.2, 0.25) is 5.95 Å². The minimum absolute atomic E-state index is 0.260. The number of para-hydroxylation sites is 1. The molecule has 4 rings (SSSR count). The number of amides is 1. The summed E-state index contributed by atoms with van der Waals surface area (Å²) in [6, 6.07) is 14.6. The minimum atomic E-state index is -0.332. The van der Waals surface area contributed by atoms with Gasteiger partial charge in [0, 0.05) is 23.6 Å². The van der Waals surface area contributed by atoms with Crippen LogP contribution in [0.3, 0.4) is 0 Å². The molecule has 0 spiro atoms. The highest BCUT2D eigenvalue weighted by Gasteiger charge is 2.14. The molecular formula is C20H18N4O3. The average molecular weight is 362 g/mol. The maximum Gasteiger partial charge on any atom is 0.274 e. The van der Waals surface area contributed by atoms with Crippen LogP contribution in [0.2, 0.25) is 0 Å². The molecule has 0 atom stereocenters. The topological polar surface area (TPSA) is 85.4 Å². The Morgan fingerprint density at radius 2 is 1.85 bits per heavy atom. The molecule has 0 aliphatic carbocycles. The van der Waals surface area contributed by atoms with Crippen molar-refractivity contribution in [2.24, 2.45) is 0 Å². The second-order valence-corrected chi connectivity index (χ2v) is 6.02. The van der Waals surface area contributed by atoms with Crippen LogP contribution in [0.4, 0.5) is 17.3 Å². The van der Waals surface area contributed by atoms with Gasteiger partial charge in [0.05, 0.1) is 0 Å². The Balaban J connectivity index is 1.50. The molecule has 1 aliphatic heterocycles. The third-order valence-electron chi connectivity index (χ3n) is 4.08. The highest BCUT2D eigenvalue weighted by molar-refractivity contribution is 6.03. The van der Waals surface area contributed by atoms with Crippen LogP contribution in [-0.2, 0) is 0 Å². The van der Waals surface area contributed by atoms with Crippen molar-refractivity contribution in [2.45, 2.75) is 6.92 Å². The van der Waals surface area contributed by atoms with E-state index < -0.39 is 0 Å². The largest absolute Gasteiger partial charge is 0.486 e. The zero-order chi connectivity index (χ0) is 18.6.